The summed E-state index contributed by atoms with van der Waals surface area (Å²) in [4.78, 5) is 29.7. The second kappa shape index (κ2) is 6.44. The average Bonchev–Trinajstić information content (AvgIpc) is 3.23. The number of aryl methyl sites for hydroxylation is 2. The van der Waals surface area contributed by atoms with Crippen LogP contribution in [0.15, 0.2) is 28.8 Å². The van der Waals surface area contributed by atoms with Crippen LogP contribution in [-0.2, 0) is 24.8 Å². The number of thiophene rings is 1. The molecule has 0 bridgehead atoms. The van der Waals surface area contributed by atoms with Crippen molar-refractivity contribution in [2.24, 2.45) is 7.05 Å². The molecule has 0 aliphatic heterocycles. The first-order valence-electron chi connectivity index (χ1n) is 8.36. The lowest BCUT2D eigenvalue weighted by molar-refractivity contribution is -0.122. The number of rotatable bonds is 4. The van der Waals surface area contributed by atoms with Gasteiger partial charge in [0.1, 0.15) is 4.83 Å². The van der Waals surface area contributed by atoms with Crippen molar-refractivity contribution in [3.05, 3.63) is 45.6 Å². The molecular weight excluding hydrogens is 338 g/mol. The Hall–Kier alpha value is -2.48. The van der Waals surface area contributed by atoms with Crippen molar-refractivity contribution >= 4 is 27.5 Å². The van der Waals surface area contributed by atoms with Gasteiger partial charge in [-0.25, -0.2) is 4.98 Å². The predicted octanol–water partition coefficient (Wildman–Crippen LogP) is 1.78. The third kappa shape index (κ3) is 2.97. The van der Waals surface area contributed by atoms with E-state index in [1.807, 2.05) is 23.3 Å². The standard InChI is InChI=1S/C17H19N5O2S/c1-21-14-4-2-3-13(12(14)9-19-21)20-15(23)5-7-22-10-18-16-11(17(22)24)6-8-25-16/h6,8-10,13H,2-5,7H2,1H3,(H,20,23). The Bertz CT molecular complexity index is 986. The molecule has 3 aromatic heterocycles. The van der Waals surface area contributed by atoms with E-state index in [0.29, 0.717) is 11.9 Å². The van der Waals surface area contributed by atoms with Crippen molar-refractivity contribution in [3.8, 4) is 0 Å². The van der Waals surface area contributed by atoms with Gasteiger partial charge in [-0.15, -0.1) is 11.3 Å². The molecule has 0 saturated heterocycles. The first-order valence-corrected chi connectivity index (χ1v) is 9.24. The smallest absolute Gasteiger partial charge is 0.262 e. The third-order valence-electron chi connectivity index (χ3n) is 4.74. The van der Waals surface area contributed by atoms with Crippen molar-refractivity contribution in [2.75, 3.05) is 0 Å². The lowest BCUT2D eigenvalue weighted by Crippen LogP contribution is -2.32. The number of carbonyl (C=O) groups excluding carboxylic acids is 1. The molecule has 1 unspecified atom stereocenters. The normalized spacial score (nSPS) is 16.8. The molecule has 4 rings (SSSR count). The second-order valence-corrected chi connectivity index (χ2v) is 7.21. The van der Waals surface area contributed by atoms with Crippen LogP contribution < -0.4 is 10.9 Å². The summed E-state index contributed by atoms with van der Waals surface area (Å²) in [7, 11) is 1.93. The van der Waals surface area contributed by atoms with Gasteiger partial charge in [0, 0.05) is 31.3 Å². The minimum atomic E-state index is -0.0914. The van der Waals surface area contributed by atoms with Gasteiger partial charge in [0.2, 0.25) is 5.91 Å². The summed E-state index contributed by atoms with van der Waals surface area (Å²) in [5.74, 6) is -0.0565. The van der Waals surface area contributed by atoms with Crippen LogP contribution in [-0.4, -0.2) is 25.2 Å². The summed E-state index contributed by atoms with van der Waals surface area (Å²) in [6, 6.07) is 1.79. The first kappa shape index (κ1) is 16.0. The maximum absolute atomic E-state index is 12.4. The Kier molecular flexibility index (Phi) is 4.12. The molecule has 1 aliphatic rings. The molecule has 1 amide bonds. The van der Waals surface area contributed by atoms with Crippen molar-refractivity contribution in [1.82, 2.24) is 24.6 Å². The van der Waals surface area contributed by atoms with Crippen molar-refractivity contribution < 1.29 is 4.79 Å². The Morgan fingerprint density at radius 2 is 2.36 bits per heavy atom. The Morgan fingerprint density at radius 3 is 3.24 bits per heavy atom. The van der Waals surface area contributed by atoms with Crippen molar-refractivity contribution in [3.63, 3.8) is 0 Å². The van der Waals surface area contributed by atoms with Crippen LogP contribution >= 0.6 is 11.3 Å². The number of hydrogen-bond donors (Lipinski definition) is 1. The summed E-state index contributed by atoms with van der Waals surface area (Å²) in [5.41, 5.74) is 2.21. The molecule has 3 aromatic rings. The number of amides is 1. The summed E-state index contributed by atoms with van der Waals surface area (Å²) in [6.07, 6.45) is 6.58. The molecule has 0 aromatic carbocycles. The van der Waals surface area contributed by atoms with Crippen LogP contribution in [0.5, 0.6) is 0 Å². The molecule has 0 fully saturated rings. The Balaban J connectivity index is 1.43. The molecule has 1 atom stereocenters. The van der Waals surface area contributed by atoms with Gasteiger partial charge >= 0.3 is 0 Å². The fraction of sp³-hybridized carbons (Fsp3) is 0.412. The highest BCUT2D eigenvalue weighted by Gasteiger charge is 2.24. The molecule has 1 N–H and O–H groups in total. The maximum Gasteiger partial charge on any atom is 0.262 e. The van der Waals surface area contributed by atoms with E-state index in [0.717, 1.165) is 29.7 Å². The Morgan fingerprint density at radius 1 is 1.48 bits per heavy atom. The van der Waals surface area contributed by atoms with Gasteiger partial charge in [-0.1, -0.05) is 0 Å². The average molecular weight is 357 g/mol. The van der Waals surface area contributed by atoms with Gasteiger partial charge in [0.25, 0.3) is 5.56 Å². The molecular formula is C17H19N5O2S. The summed E-state index contributed by atoms with van der Waals surface area (Å²) < 4.78 is 3.39. The fourth-order valence-electron chi connectivity index (χ4n) is 3.40. The number of nitrogens with zero attached hydrogens (tertiary/aromatic N) is 4. The Labute approximate surface area is 148 Å². The van der Waals surface area contributed by atoms with E-state index < -0.39 is 0 Å². The third-order valence-corrected chi connectivity index (χ3v) is 5.56. The highest BCUT2D eigenvalue weighted by atomic mass is 32.1. The van der Waals surface area contributed by atoms with E-state index in [2.05, 4.69) is 15.4 Å². The molecule has 8 heteroatoms. The van der Waals surface area contributed by atoms with E-state index >= 15 is 0 Å². The fourth-order valence-corrected chi connectivity index (χ4v) is 4.12. The molecule has 7 nitrogen and oxygen atoms in total. The molecule has 1 aliphatic carbocycles. The highest BCUT2D eigenvalue weighted by Crippen LogP contribution is 2.29. The first-order chi connectivity index (χ1) is 12.1. The SMILES string of the molecule is Cn1ncc2c1CCCC2NC(=O)CCn1cnc2sccc2c1=O. The van der Waals surface area contributed by atoms with Gasteiger partial charge in [-0.3, -0.25) is 18.8 Å². The molecule has 25 heavy (non-hydrogen) atoms. The largest absolute Gasteiger partial charge is 0.349 e. The van der Waals surface area contributed by atoms with Gasteiger partial charge in [0.15, 0.2) is 0 Å². The van der Waals surface area contributed by atoms with Crippen LogP contribution in [0.1, 0.15) is 36.6 Å². The lowest BCUT2D eigenvalue weighted by atomic mass is 9.93. The predicted molar refractivity (Wildman–Crippen MR) is 95.5 cm³/mol. The summed E-state index contributed by atoms with van der Waals surface area (Å²) in [5, 5.41) is 9.84. The van der Waals surface area contributed by atoms with E-state index in [-0.39, 0.29) is 23.9 Å². The number of nitrogens with one attached hydrogen (secondary N) is 1. The summed E-state index contributed by atoms with van der Waals surface area (Å²) >= 11 is 1.44. The second-order valence-electron chi connectivity index (χ2n) is 6.32. The molecule has 3 heterocycles. The zero-order chi connectivity index (χ0) is 17.4. The van der Waals surface area contributed by atoms with Crippen molar-refractivity contribution in [2.45, 2.75) is 38.3 Å². The molecule has 0 spiro atoms. The highest BCUT2D eigenvalue weighted by molar-refractivity contribution is 7.16. The van der Waals surface area contributed by atoms with Crippen LogP contribution in [0.2, 0.25) is 0 Å². The lowest BCUT2D eigenvalue weighted by Gasteiger charge is -2.23. The van der Waals surface area contributed by atoms with Gasteiger partial charge in [-0.2, -0.15) is 5.10 Å². The molecule has 0 radical (unpaired) electrons. The molecule has 130 valence electrons. The number of hydrogen-bond acceptors (Lipinski definition) is 5. The quantitative estimate of drug-likeness (QED) is 0.772. The van der Waals surface area contributed by atoms with E-state index in [1.54, 1.807) is 6.07 Å². The topological polar surface area (TPSA) is 81.8 Å². The maximum atomic E-state index is 12.4. The van der Waals surface area contributed by atoms with Crippen LogP contribution in [0.25, 0.3) is 10.2 Å². The number of aromatic nitrogens is 4. The number of fused-ring (bicyclic) bond motifs is 2. The number of carbonyl (C=O) groups is 1. The van der Waals surface area contributed by atoms with Gasteiger partial charge < -0.3 is 5.32 Å². The zero-order valence-electron chi connectivity index (χ0n) is 13.9. The zero-order valence-corrected chi connectivity index (χ0v) is 14.8. The van der Waals surface area contributed by atoms with E-state index in [4.69, 9.17) is 0 Å². The minimum Gasteiger partial charge on any atom is -0.349 e. The van der Waals surface area contributed by atoms with Crippen LogP contribution in [0.3, 0.4) is 0 Å². The van der Waals surface area contributed by atoms with Crippen LogP contribution in [0.4, 0.5) is 0 Å². The summed E-state index contributed by atoms with van der Waals surface area (Å²) in [6.45, 7) is 0.329. The van der Waals surface area contributed by atoms with E-state index in [1.165, 1.54) is 27.9 Å². The van der Waals surface area contributed by atoms with Gasteiger partial charge in [0.05, 0.1) is 24.0 Å². The molecule has 0 saturated carbocycles. The van der Waals surface area contributed by atoms with Crippen LogP contribution in [0, 0.1) is 0 Å². The monoisotopic (exact) mass is 357 g/mol. The van der Waals surface area contributed by atoms with E-state index in [9.17, 15) is 9.59 Å². The van der Waals surface area contributed by atoms with Gasteiger partial charge in [-0.05, 0) is 30.7 Å². The van der Waals surface area contributed by atoms with Crippen molar-refractivity contribution in [1.29, 1.82) is 0 Å². The minimum absolute atomic E-state index is 0.0131.